The summed E-state index contributed by atoms with van der Waals surface area (Å²) in [7, 11) is -3.98. The van der Waals surface area contributed by atoms with Crippen LogP contribution >= 0.6 is 0 Å². The van der Waals surface area contributed by atoms with Crippen LogP contribution in [0.2, 0.25) is 0 Å². The van der Waals surface area contributed by atoms with E-state index in [0.29, 0.717) is 25.0 Å². The maximum absolute atomic E-state index is 13.3. The number of piperidine rings is 1. The van der Waals surface area contributed by atoms with Gasteiger partial charge in [0, 0.05) is 29.4 Å². The number of ether oxygens (including phenoxy) is 1. The molecule has 2 aliphatic heterocycles. The number of aliphatic hydroxyl groups excluding tert-OH is 1. The third-order valence-electron chi connectivity index (χ3n) is 7.20. The number of hydrogen-bond donors (Lipinski definition) is 2. The van der Waals surface area contributed by atoms with Crippen molar-refractivity contribution in [2.24, 2.45) is 11.3 Å². The van der Waals surface area contributed by atoms with Crippen LogP contribution in [0.4, 0.5) is 13.2 Å². The highest BCUT2D eigenvalue weighted by atomic mass is 32.2. The van der Waals surface area contributed by atoms with Crippen LogP contribution in [0, 0.1) is 11.3 Å². The Kier molecular flexibility index (Phi) is 3.47. The zero-order chi connectivity index (χ0) is 20.3. The average molecular weight is 419 g/mol. The molecule has 10 heteroatoms. The molecule has 3 aliphatic carbocycles. The van der Waals surface area contributed by atoms with E-state index in [1.165, 1.54) is 6.08 Å². The number of hydrogen-bond acceptors (Lipinski definition) is 6. The standard InChI is InChI=1S/C18H20F3NO5S/c1-22-7-6-16-10-2-3-12(23)14(16)27-15-13(16)9(8-11(10)22)4-5-17(15,24)28(25,26)18(19,20)21/h2-4,10-12,14,23-24H,5-8H2,1H3/t10-,11+,12-,14-,16-,17?/m0/s1. The van der Waals surface area contributed by atoms with Gasteiger partial charge in [0.2, 0.25) is 4.93 Å². The minimum Gasteiger partial charge on any atom is -0.486 e. The first-order valence-electron chi connectivity index (χ1n) is 9.16. The van der Waals surface area contributed by atoms with Crippen LogP contribution in [0.5, 0.6) is 0 Å². The number of rotatable bonds is 1. The molecule has 5 rings (SSSR count). The van der Waals surface area contributed by atoms with Crippen molar-refractivity contribution in [1.82, 2.24) is 4.90 Å². The summed E-state index contributed by atoms with van der Waals surface area (Å²) in [4.78, 5) is -1.03. The molecule has 0 amide bonds. The van der Waals surface area contributed by atoms with Crippen LogP contribution in [0.25, 0.3) is 0 Å². The Morgan fingerprint density at radius 3 is 2.71 bits per heavy atom. The molecule has 6 atom stereocenters. The van der Waals surface area contributed by atoms with Crippen molar-refractivity contribution in [3.8, 4) is 0 Å². The number of halogens is 3. The molecule has 2 heterocycles. The molecule has 28 heavy (non-hydrogen) atoms. The van der Waals surface area contributed by atoms with Crippen LogP contribution in [0.3, 0.4) is 0 Å². The van der Waals surface area contributed by atoms with Gasteiger partial charge < -0.3 is 19.8 Å². The molecule has 2 N–H and O–H groups in total. The number of aliphatic hydroxyl groups is 2. The Labute approximate surface area is 159 Å². The summed E-state index contributed by atoms with van der Waals surface area (Å²) < 4.78 is 70.4. The summed E-state index contributed by atoms with van der Waals surface area (Å²) >= 11 is 0. The van der Waals surface area contributed by atoms with E-state index in [4.69, 9.17) is 4.74 Å². The second-order valence-corrected chi connectivity index (χ2v) is 10.5. The molecule has 1 spiro atoms. The molecule has 1 saturated carbocycles. The Morgan fingerprint density at radius 1 is 1.32 bits per heavy atom. The Hall–Kier alpha value is -1.36. The van der Waals surface area contributed by atoms with Crippen LogP contribution in [-0.4, -0.2) is 65.8 Å². The lowest BCUT2D eigenvalue weighted by Crippen LogP contribution is -2.62. The molecule has 0 aromatic heterocycles. The number of sulfone groups is 1. The van der Waals surface area contributed by atoms with Crippen molar-refractivity contribution in [2.75, 3.05) is 13.6 Å². The zero-order valence-corrected chi connectivity index (χ0v) is 15.8. The van der Waals surface area contributed by atoms with Crippen molar-refractivity contribution >= 4 is 9.84 Å². The average Bonchev–Trinajstić information content (AvgIpc) is 2.97. The number of nitrogens with zero attached hydrogens (tertiary/aromatic N) is 1. The molecular formula is C18H20F3NO5S. The summed E-state index contributed by atoms with van der Waals surface area (Å²) in [6.45, 7) is 0.635. The smallest absolute Gasteiger partial charge is 0.486 e. The van der Waals surface area contributed by atoms with Crippen LogP contribution < -0.4 is 0 Å². The largest absolute Gasteiger partial charge is 0.500 e. The van der Waals surface area contributed by atoms with Crippen molar-refractivity contribution in [2.45, 2.75) is 48.0 Å². The van der Waals surface area contributed by atoms with Gasteiger partial charge in [-0.05, 0) is 32.0 Å². The quantitative estimate of drug-likeness (QED) is 0.622. The van der Waals surface area contributed by atoms with Gasteiger partial charge >= 0.3 is 5.51 Å². The van der Waals surface area contributed by atoms with Crippen LogP contribution in [-0.2, 0) is 14.6 Å². The van der Waals surface area contributed by atoms with E-state index in [0.717, 1.165) is 5.57 Å². The summed E-state index contributed by atoms with van der Waals surface area (Å²) in [5.74, 6) is -0.677. The molecule has 154 valence electrons. The fourth-order valence-electron chi connectivity index (χ4n) is 5.89. The summed E-state index contributed by atoms with van der Waals surface area (Å²) in [5, 5.41) is 21.4. The van der Waals surface area contributed by atoms with Gasteiger partial charge in [-0.2, -0.15) is 13.2 Å². The van der Waals surface area contributed by atoms with Crippen LogP contribution in [0.1, 0.15) is 19.3 Å². The van der Waals surface area contributed by atoms with E-state index in [1.807, 2.05) is 13.1 Å². The van der Waals surface area contributed by atoms with Crippen LogP contribution in [0.15, 0.2) is 35.1 Å². The third kappa shape index (κ3) is 1.88. The van der Waals surface area contributed by atoms with E-state index in [1.54, 1.807) is 6.08 Å². The summed E-state index contributed by atoms with van der Waals surface area (Å²) in [6.07, 6.45) is 3.12. The van der Waals surface area contributed by atoms with Crippen molar-refractivity contribution in [3.05, 3.63) is 35.1 Å². The van der Waals surface area contributed by atoms with E-state index in [9.17, 15) is 31.8 Å². The maximum Gasteiger partial charge on any atom is 0.500 e. The lowest BCUT2D eigenvalue weighted by Gasteiger charge is -2.58. The Balaban J connectivity index is 1.76. The highest BCUT2D eigenvalue weighted by molar-refractivity contribution is 7.93. The molecule has 6 nitrogen and oxygen atoms in total. The lowest BCUT2D eigenvalue weighted by molar-refractivity contribution is -0.0985. The van der Waals surface area contributed by atoms with Crippen molar-refractivity contribution < 1.29 is 36.5 Å². The van der Waals surface area contributed by atoms with E-state index >= 15 is 0 Å². The Morgan fingerprint density at radius 2 is 2.04 bits per heavy atom. The summed E-state index contributed by atoms with van der Waals surface area (Å²) in [5.41, 5.74) is -5.39. The SMILES string of the molecule is CN1CC[C@]23C4=C5O[C@H]2[C@@H](O)C=C[C@H]3[C@H]1CC4=CCC5(O)S(=O)(=O)C(F)(F)F. The molecule has 1 saturated heterocycles. The van der Waals surface area contributed by atoms with Gasteiger partial charge in [-0.15, -0.1) is 0 Å². The van der Waals surface area contributed by atoms with E-state index < -0.39 is 50.1 Å². The van der Waals surface area contributed by atoms with Gasteiger partial charge in [0.25, 0.3) is 9.84 Å². The molecule has 5 aliphatic rings. The summed E-state index contributed by atoms with van der Waals surface area (Å²) in [6, 6.07) is 0.0726. The first-order valence-corrected chi connectivity index (χ1v) is 10.6. The monoisotopic (exact) mass is 419 g/mol. The first-order chi connectivity index (χ1) is 12.9. The maximum atomic E-state index is 13.3. The second-order valence-electron chi connectivity index (χ2n) is 8.35. The number of likely N-dealkylation sites (tertiary alicyclic amines) is 1. The highest BCUT2D eigenvalue weighted by Crippen LogP contribution is 2.66. The molecule has 0 radical (unpaired) electrons. The van der Waals surface area contributed by atoms with Gasteiger partial charge in [-0.3, -0.25) is 0 Å². The molecule has 0 aromatic rings. The predicted molar refractivity (Wildman–Crippen MR) is 91.2 cm³/mol. The van der Waals surface area contributed by atoms with Gasteiger partial charge in [0.15, 0.2) is 0 Å². The van der Waals surface area contributed by atoms with Gasteiger partial charge in [0.05, 0.1) is 0 Å². The van der Waals surface area contributed by atoms with Crippen molar-refractivity contribution in [3.63, 3.8) is 0 Å². The number of alkyl halides is 3. The fourth-order valence-corrected chi connectivity index (χ4v) is 6.97. The minimum atomic E-state index is -5.96. The normalized spacial score (nSPS) is 44.9. The van der Waals surface area contributed by atoms with Gasteiger partial charge in [-0.1, -0.05) is 18.2 Å². The molecule has 2 bridgehead atoms. The Bertz CT molecular complexity index is 955. The van der Waals surface area contributed by atoms with E-state index in [2.05, 4.69) is 4.90 Å². The molecule has 0 aromatic carbocycles. The lowest BCUT2D eigenvalue weighted by atomic mass is 9.51. The zero-order valence-electron chi connectivity index (χ0n) is 15.0. The molecular weight excluding hydrogens is 399 g/mol. The van der Waals surface area contributed by atoms with E-state index in [-0.39, 0.29) is 12.0 Å². The van der Waals surface area contributed by atoms with Gasteiger partial charge in [-0.25, -0.2) is 8.42 Å². The highest BCUT2D eigenvalue weighted by Gasteiger charge is 2.71. The fraction of sp³-hybridized carbons (Fsp3) is 0.667. The van der Waals surface area contributed by atoms with Gasteiger partial charge in [0.1, 0.15) is 18.0 Å². The molecule has 1 unspecified atom stereocenters. The first kappa shape index (κ1) is 18.7. The topological polar surface area (TPSA) is 87.1 Å². The second kappa shape index (κ2) is 5.21. The van der Waals surface area contributed by atoms with Crippen molar-refractivity contribution in [1.29, 1.82) is 0 Å². The third-order valence-corrected chi connectivity index (χ3v) is 9.05. The minimum absolute atomic E-state index is 0.0726. The molecule has 2 fully saturated rings. The predicted octanol–water partition coefficient (Wildman–Crippen LogP) is 1.23.